The lowest BCUT2D eigenvalue weighted by atomic mass is 10.1. The maximum absolute atomic E-state index is 13.0. The Hall–Kier alpha value is -3.23. The van der Waals surface area contributed by atoms with Crippen LogP contribution in [0.25, 0.3) is 5.69 Å². The summed E-state index contributed by atoms with van der Waals surface area (Å²) in [6.07, 6.45) is 3.63. The fourth-order valence-electron chi connectivity index (χ4n) is 3.57. The van der Waals surface area contributed by atoms with Gasteiger partial charge in [0.15, 0.2) is 0 Å². The highest BCUT2D eigenvalue weighted by atomic mass is 19.4. The first-order valence-electron chi connectivity index (χ1n) is 9.92. The molecule has 0 unspecified atom stereocenters. The maximum atomic E-state index is 13.0. The van der Waals surface area contributed by atoms with Crippen molar-refractivity contribution in [1.29, 1.82) is 0 Å². The predicted octanol–water partition coefficient (Wildman–Crippen LogP) is 4.58. The predicted molar refractivity (Wildman–Crippen MR) is 105 cm³/mol. The van der Waals surface area contributed by atoms with Crippen LogP contribution in [0.1, 0.15) is 58.1 Å². The molecule has 2 N–H and O–H groups in total. The summed E-state index contributed by atoms with van der Waals surface area (Å²) < 4.78 is 52.1. The zero-order chi connectivity index (χ0) is 22.2. The molecule has 2 heterocycles. The van der Waals surface area contributed by atoms with E-state index in [1.165, 1.54) is 22.9 Å². The minimum Gasteiger partial charge on any atom is -0.366 e. The minimum atomic E-state index is -4.42. The third-order valence-corrected chi connectivity index (χ3v) is 5.29. The molecule has 2 aliphatic rings. The van der Waals surface area contributed by atoms with E-state index >= 15 is 0 Å². The van der Waals surface area contributed by atoms with E-state index in [4.69, 9.17) is 5.73 Å². The average molecular weight is 432 g/mol. The second kappa shape index (κ2) is 8.13. The van der Waals surface area contributed by atoms with Gasteiger partial charge in [-0.2, -0.15) is 18.3 Å². The fraction of sp³-hybridized carbons (Fsp3) is 0.318. The van der Waals surface area contributed by atoms with Gasteiger partial charge in [0.1, 0.15) is 11.5 Å². The molecule has 0 spiro atoms. The smallest absolute Gasteiger partial charge is 0.366 e. The highest BCUT2D eigenvalue weighted by Gasteiger charge is 2.32. The lowest BCUT2D eigenvalue weighted by Gasteiger charge is -2.07. The Morgan fingerprint density at radius 1 is 1.13 bits per heavy atom. The van der Waals surface area contributed by atoms with E-state index in [1.54, 1.807) is 12.3 Å². The van der Waals surface area contributed by atoms with Gasteiger partial charge in [0, 0.05) is 18.0 Å². The molecule has 1 aromatic carbocycles. The van der Waals surface area contributed by atoms with Crippen LogP contribution in [0.4, 0.5) is 17.6 Å². The van der Waals surface area contributed by atoms with Crippen molar-refractivity contribution < 1.29 is 22.4 Å². The number of aromatic nitrogens is 3. The average Bonchev–Trinajstić information content (AvgIpc) is 3.35. The van der Waals surface area contributed by atoms with Crippen LogP contribution in [-0.2, 0) is 19.0 Å². The Balaban J connectivity index is 0.000000158. The molecule has 0 aliphatic heterocycles. The number of hydrogen-bond acceptors (Lipinski definition) is 3. The number of carbonyl (C=O) groups is 1. The summed E-state index contributed by atoms with van der Waals surface area (Å²) in [6, 6.07) is 6.88. The zero-order valence-corrected chi connectivity index (χ0v) is 16.5. The van der Waals surface area contributed by atoms with Crippen LogP contribution in [0, 0.1) is 5.82 Å². The third-order valence-electron chi connectivity index (χ3n) is 5.29. The number of aryl methyl sites for hydroxylation is 2. The van der Waals surface area contributed by atoms with Gasteiger partial charge in [-0.3, -0.25) is 9.78 Å². The molecule has 3 aromatic rings. The summed E-state index contributed by atoms with van der Waals surface area (Å²) in [5.41, 5.74) is 7.84. The van der Waals surface area contributed by atoms with Gasteiger partial charge in [-0.15, -0.1) is 0 Å². The molecule has 162 valence electrons. The van der Waals surface area contributed by atoms with Crippen LogP contribution in [-0.4, -0.2) is 20.7 Å². The Kier molecular flexibility index (Phi) is 5.51. The normalized spacial score (nSPS) is 15.2. The molecule has 2 aliphatic carbocycles. The monoisotopic (exact) mass is 432 g/mol. The molecular formula is C22H20F4N4O. The second-order valence-corrected chi connectivity index (χ2v) is 7.71. The fourth-order valence-corrected chi connectivity index (χ4v) is 3.57. The van der Waals surface area contributed by atoms with Gasteiger partial charge >= 0.3 is 6.18 Å². The van der Waals surface area contributed by atoms with Crippen molar-refractivity contribution >= 4 is 5.91 Å². The largest absolute Gasteiger partial charge is 0.433 e. The van der Waals surface area contributed by atoms with E-state index in [0.717, 1.165) is 61.2 Å². The second-order valence-electron chi connectivity index (χ2n) is 7.71. The van der Waals surface area contributed by atoms with E-state index in [0.29, 0.717) is 11.6 Å². The molecule has 1 amide bonds. The van der Waals surface area contributed by atoms with Crippen LogP contribution in [0.3, 0.4) is 0 Å². The number of amides is 1. The molecule has 31 heavy (non-hydrogen) atoms. The Morgan fingerprint density at radius 2 is 1.90 bits per heavy atom. The van der Waals surface area contributed by atoms with Gasteiger partial charge in [0.05, 0.1) is 11.4 Å². The number of primary amides is 1. The van der Waals surface area contributed by atoms with Crippen LogP contribution in [0.5, 0.6) is 0 Å². The molecule has 0 atom stereocenters. The molecule has 5 nitrogen and oxygen atoms in total. The van der Waals surface area contributed by atoms with Gasteiger partial charge in [-0.05, 0) is 79.5 Å². The highest BCUT2D eigenvalue weighted by Crippen LogP contribution is 2.40. The molecule has 0 saturated heterocycles. The van der Waals surface area contributed by atoms with Crippen molar-refractivity contribution in [2.45, 2.75) is 44.2 Å². The number of benzene rings is 1. The summed E-state index contributed by atoms with van der Waals surface area (Å²) in [7, 11) is 0. The molecule has 0 bridgehead atoms. The van der Waals surface area contributed by atoms with Crippen LogP contribution < -0.4 is 5.73 Å². The van der Waals surface area contributed by atoms with Crippen molar-refractivity contribution in [2.75, 3.05) is 0 Å². The van der Waals surface area contributed by atoms with E-state index in [2.05, 4.69) is 10.1 Å². The van der Waals surface area contributed by atoms with Gasteiger partial charge in [0.2, 0.25) is 5.91 Å². The van der Waals surface area contributed by atoms with Gasteiger partial charge in [0.25, 0.3) is 0 Å². The van der Waals surface area contributed by atoms with Crippen molar-refractivity contribution in [3.8, 4) is 5.69 Å². The van der Waals surface area contributed by atoms with Gasteiger partial charge in [-0.1, -0.05) is 0 Å². The van der Waals surface area contributed by atoms with Crippen LogP contribution >= 0.6 is 0 Å². The quantitative estimate of drug-likeness (QED) is 0.616. The molecule has 9 heteroatoms. The SMILES string of the molecule is FC(F)(F)c1cc(-n2cc3c(n2)CCC3)ccn1.NC(=O)c1cc(F)cc(C2CC2)c1. The van der Waals surface area contributed by atoms with Crippen LogP contribution in [0.2, 0.25) is 0 Å². The summed E-state index contributed by atoms with van der Waals surface area (Å²) in [5.74, 6) is -0.506. The summed E-state index contributed by atoms with van der Waals surface area (Å²) in [4.78, 5) is 14.1. The Labute approximate surface area is 175 Å². The lowest BCUT2D eigenvalue weighted by Crippen LogP contribution is -2.11. The van der Waals surface area contributed by atoms with Gasteiger partial charge in [-0.25, -0.2) is 9.07 Å². The standard InChI is InChI=1S/C12H10F3N3.C10H10FNO/c13-12(14,15)11-6-9(4-5-16-11)18-7-8-2-1-3-10(8)17-18;11-9-4-7(6-1-2-6)3-8(5-9)10(12)13/h4-7H,1-3H2;3-6H,1-2H2,(H2,12,13). The topological polar surface area (TPSA) is 73.8 Å². The number of hydrogen-bond donors (Lipinski definition) is 1. The third kappa shape index (κ3) is 4.92. The summed E-state index contributed by atoms with van der Waals surface area (Å²) in [5, 5.41) is 4.31. The summed E-state index contributed by atoms with van der Waals surface area (Å²) >= 11 is 0. The number of rotatable bonds is 3. The number of nitrogens with two attached hydrogens (primary N) is 1. The molecule has 2 aromatic heterocycles. The van der Waals surface area contributed by atoms with Crippen molar-refractivity contribution in [3.05, 3.63) is 76.6 Å². The van der Waals surface area contributed by atoms with Crippen molar-refractivity contribution in [1.82, 2.24) is 14.8 Å². The Morgan fingerprint density at radius 3 is 2.55 bits per heavy atom. The zero-order valence-electron chi connectivity index (χ0n) is 16.5. The lowest BCUT2D eigenvalue weighted by molar-refractivity contribution is -0.141. The highest BCUT2D eigenvalue weighted by molar-refractivity contribution is 5.93. The molecule has 0 radical (unpaired) electrons. The van der Waals surface area contributed by atoms with Crippen molar-refractivity contribution in [2.24, 2.45) is 5.73 Å². The van der Waals surface area contributed by atoms with E-state index in [9.17, 15) is 22.4 Å². The number of alkyl halides is 3. The Bertz CT molecular complexity index is 1100. The van der Waals surface area contributed by atoms with Gasteiger partial charge < -0.3 is 5.73 Å². The number of fused-ring (bicyclic) bond motifs is 1. The number of pyridine rings is 1. The number of carbonyl (C=O) groups excluding carboxylic acids is 1. The first-order chi connectivity index (χ1) is 14.7. The molecule has 1 fully saturated rings. The first-order valence-corrected chi connectivity index (χ1v) is 9.92. The molecular weight excluding hydrogens is 412 g/mol. The van der Waals surface area contributed by atoms with Crippen LogP contribution in [0.15, 0.2) is 42.7 Å². The molecule has 1 saturated carbocycles. The minimum absolute atomic E-state index is 0.266. The van der Waals surface area contributed by atoms with E-state index in [-0.39, 0.29) is 11.4 Å². The summed E-state index contributed by atoms with van der Waals surface area (Å²) in [6.45, 7) is 0. The van der Waals surface area contributed by atoms with E-state index in [1.807, 2.05) is 0 Å². The number of nitrogens with zero attached hydrogens (tertiary/aromatic N) is 3. The van der Waals surface area contributed by atoms with Crippen molar-refractivity contribution in [3.63, 3.8) is 0 Å². The molecule has 5 rings (SSSR count). The first kappa shape index (κ1) is 21.0. The van der Waals surface area contributed by atoms with E-state index < -0.39 is 17.8 Å². The maximum Gasteiger partial charge on any atom is 0.433 e. The number of halogens is 4.